The highest BCUT2D eigenvalue weighted by atomic mass is 35.5. The molecule has 1 atom stereocenters. The number of esters is 1. The Morgan fingerprint density at radius 2 is 1.96 bits per heavy atom. The minimum absolute atomic E-state index is 0.245. The molecule has 0 unspecified atom stereocenters. The molecule has 0 heterocycles. The number of methoxy groups -OCH3 is 1. The number of carbonyl (C=O) groups excluding carboxylic acids is 2. The van der Waals surface area contributed by atoms with Crippen molar-refractivity contribution in [3.63, 3.8) is 0 Å². The molecule has 0 aliphatic carbocycles. The molecule has 6 nitrogen and oxygen atoms in total. The van der Waals surface area contributed by atoms with Gasteiger partial charge in [-0.15, -0.1) is 0 Å². The molecule has 0 saturated heterocycles. The van der Waals surface area contributed by atoms with E-state index in [0.717, 1.165) is 16.7 Å². The molecule has 0 spiro atoms. The summed E-state index contributed by atoms with van der Waals surface area (Å²) in [4.78, 5) is 23.3. The molecule has 0 fully saturated rings. The Kier molecular flexibility index (Phi) is 8.29. The summed E-state index contributed by atoms with van der Waals surface area (Å²) < 4.78 is 15.7. The summed E-state index contributed by atoms with van der Waals surface area (Å²) in [6, 6.07) is 12.7. The van der Waals surface area contributed by atoms with Gasteiger partial charge in [-0.05, 0) is 54.8 Å². The Morgan fingerprint density at radius 1 is 1.18 bits per heavy atom. The van der Waals surface area contributed by atoms with E-state index < -0.39 is 18.2 Å². The molecule has 1 N–H and O–H groups in total. The first-order chi connectivity index (χ1) is 13.5. The first kappa shape index (κ1) is 21.7. The maximum Gasteiger partial charge on any atom is 0.406 e. The molecule has 150 valence electrons. The first-order valence-electron chi connectivity index (χ1n) is 8.92. The topological polar surface area (TPSA) is 73.9 Å². The van der Waals surface area contributed by atoms with Crippen molar-refractivity contribution in [2.75, 3.05) is 26.9 Å². The van der Waals surface area contributed by atoms with Crippen LogP contribution in [0.15, 0.2) is 42.5 Å². The molecule has 2 rings (SSSR count). The van der Waals surface area contributed by atoms with Crippen LogP contribution in [0.1, 0.15) is 40.1 Å². The average molecular weight is 406 g/mol. The summed E-state index contributed by atoms with van der Waals surface area (Å²) in [7, 11) is 1.30. The fourth-order valence-electron chi connectivity index (χ4n) is 2.70. The van der Waals surface area contributed by atoms with Crippen molar-refractivity contribution in [1.29, 1.82) is 0 Å². The number of nitrogens with one attached hydrogen (secondary N) is 1. The van der Waals surface area contributed by atoms with Gasteiger partial charge < -0.3 is 19.5 Å². The van der Waals surface area contributed by atoms with Crippen molar-refractivity contribution in [3.8, 4) is 0 Å². The SMILES string of the molecule is CCOC(=O)c1cccc([C@@H](OCCNC(=O)OC)c2cc(Cl)ccc2C)c1. The third-order valence-corrected chi connectivity index (χ3v) is 4.30. The van der Waals surface area contributed by atoms with Gasteiger partial charge in [0, 0.05) is 11.6 Å². The van der Waals surface area contributed by atoms with Gasteiger partial charge >= 0.3 is 12.1 Å². The predicted molar refractivity (Wildman–Crippen MR) is 107 cm³/mol. The highest BCUT2D eigenvalue weighted by molar-refractivity contribution is 6.30. The van der Waals surface area contributed by atoms with Crippen LogP contribution in [-0.2, 0) is 14.2 Å². The second kappa shape index (κ2) is 10.7. The lowest BCUT2D eigenvalue weighted by Crippen LogP contribution is -2.27. The molecule has 0 aliphatic rings. The number of ether oxygens (including phenoxy) is 3. The number of carbonyl (C=O) groups is 2. The molecule has 2 aromatic carbocycles. The van der Waals surface area contributed by atoms with Gasteiger partial charge in [0.1, 0.15) is 6.10 Å². The summed E-state index contributed by atoms with van der Waals surface area (Å²) in [5.74, 6) is -0.390. The van der Waals surface area contributed by atoms with E-state index in [4.69, 9.17) is 21.1 Å². The zero-order valence-electron chi connectivity index (χ0n) is 16.2. The van der Waals surface area contributed by atoms with Crippen LogP contribution in [-0.4, -0.2) is 38.9 Å². The van der Waals surface area contributed by atoms with E-state index in [1.165, 1.54) is 7.11 Å². The fourth-order valence-corrected chi connectivity index (χ4v) is 2.89. The molecule has 2 aromatic rings. The maximum absolute atomic E-state index is 12.1. The monoisotopic (exact) mass is 405 g/mol. The van der Waals surface area contributed by atoms with E-state index in [1.54, 1.807) is 25.1 Å². The van der Waals surface area contributed by atoms with Crippen LogP contribution in [0.4, 0.5) is 4.79 Å². The number of amides is 1. The van der Waals surface area contributed by atoms with E-state index in [2.05, 4.69) is 10.1 Å². The smallest absolute Gasteiger partial charge is 0.406 e. The van der Waals surface area contributed by atoms with Crippen molar-refractivity contribution in [3.05, 3.63) is 69.7 Å². The lowest BCUT2D eigenvalue weighted by atomic mass is 9.96. The zero-order valence-corrected chi connectivity index (χ0v) is 16.9. The van der Waals surface area contributed by atoms with E-state index in [0.29, 0.717) is 17.2 Å². The second-order valence-corrected chi connectivity index (χ2v) is 6.45. The summed E-state index contributed by atoms with van der Waals surface area (Å²) >= 11 is 6.19. The molecule has 0 aromatic heterocycles. The van der Waals surface area contributed by atoms with Crippen LogP contribution in [0, 0.1) is 6.92 Å². The van der Waals surface area contributed by atoms with Crippen LogP contribution in [0.25, 0.3) is 0 Å². The summed E-state index contributed by atoms with van der Waals surface area (Å²) in [5, 5.41) is 3.16. The molecule has 0 aliphatic heterocycles. The Morgan fingerprint density at radius 3 is 2.68 bits per heavy atom. The molecule has 0 radical (unpaired) electrons. The van der Waals surface area contributed by atoms with Crippen molar-refractivity contribution < 1.29 is 23.8 Å². The summed E-state index contributed by atoms with van der Waals surface area (Å²) in [6.07, 6.45) is -0.990. The molecule has 0 bridgehead atoms. The van der Waals surface area contributed by atoms with Gasteiger partial charge in [0.25, 0.3) is 0 Å². The van der Waals surface area contributed by atoms with E-state index >= 15 is 0 Å². The summed E-state index contributed by atoms with van der Waals surface area (Å²) in [6.45, 7) is 4.55. The normalized spacial score (nSPS) is 11.6. The van der Waals surface area contributed by atoms with Crippen LogP contribution in [0.2, 0.25) is 5.02 Å². The Bertz CT molecular complexity index is 824. The number of rotatable bonds is 8. The number of halogens is 1. The van der Waals surface area contributed by atoms with Gasteiger partial charge in [-0.25, -0.2) is 9.59 Å². The van der Waals surface area contributed by atoms with Gasteiger partial charge in [-0.3, -0.25) is 0 Å². The zero-order chi connectivity index (χ0) is 20.5. The van der Waals surface area contributed by atoms with Gasteiger partial charge in [-0.1, -0.05) is 29.8 Å². The van der Waals surface area contributed by atoms with Gasteiger partial charge in [0.05, 0.1) is 25.9 Å². The van der Waals surface area contributed by atoms with Crippen molar-refractivity contribution >= 4 is 23.7 Å². The predicted octanol–water partition coefficient (Wildman–Crippen LogP) is 4.29. The highest BCUT2D eigenvalue weighted by Crippen LogP contribution is 2.31. The van der Waals surface area contributed by atoms with E-state index in [-0.39, 0.29) is 13.2 Å². The number of hydrogen-bond acceptors (Lipinski definition) is 5. The maximum atomic E-state index is 12.1. The average Bonchev–Trinajstić information content (AvgIpc) is 2.70. The number of benzene rings is 2. The van der Waals surface area contributed by atoms with Crippen molar-refractivity contribution in [2.45, 2.75) is 20.0 Å². The first-order valence-corrected chi connectivity index (χ1v) is 9.30. The van der Waals surface area contributed by atoms with Gasteiger partial charge in [-0.2, -0.15) is 0 Å². The minimum Gasteiger partial charge on any atom is -0.462 e. The molecule has 1 amide bonds. The van der Waals surface area contributed by atoms with Gasteiger partial charge in [0.2, 0.25) is 0 Å². The number of alkyl carbamates (subject to hydrolysis) is 1. The third-order valence-electron chi connectivity index (χ3n) is 4.07. The fraction of sp³-hybridized carbons (Fsp3) is 0.333. The second-order valence-electron chi connectivity index (χ2n) is 6.02. The van der Waals surface area contributed by atoms with Crippen LogP contribution in [0.3, 0.4) is 0 Å². The molecule has 28 heavy (non-hydrogen) atoms. The standard InChI is InChI=1S/C21H24ClNO5/c1-4-27-20(24)16-7-5-6-15(12-16)19(28-11-10-23-21(25)26-3)18-13-17(22)9-8-14(18)2/h5-9,12-13,19H,4,10-11H2,1-3H3,(H,23,25)/t19-/m1/s1. The third kappa shape index (κ3) is 5.97. The lowest BCUT2D eigenvalue weighted by Gasteiger charge is -2.22. The largest absolute Gasteiger partial charge is 0.462 e. The highest BCUT2D eigenvalue weighted by Gasteiger charge is 2.19. The van der Waals surface area contributed by atoms with Crippen LogP contribution in [0.5, 0.6) is 0 Å². The molecule has 7 heteroatoms. The number of hydrogen-bond donors (Lipinski definition) is 1. The Balaban J connectivity index is 2.30. The summed E-state index contributed by atoms with van der Waals surface area (Å²) in [5.41, 5.74) is 3.11. The van der Waals surface area contributed by atoms with Crippen LogP contribution >= 0.6 is 11.6 Å². The van der Waals surface area contributed by atoms with Gasteiger partial charge in [0.15, 0.2) is 0 Å². The minimum atomic E-state index is -0.525. The molecular weight excluding hydrogens is 382 g/mol. The lowest BCUT2D eigenvalue weighted by molar-refractivity contribution is 0.0525. The van der Waals surface area contributed by atoms with Crippen molar-refractivity contribution in [1.82, 2.24) is 5.32 Å². The Labute approximate surface area is 169 Å². The van der Waals surface area contributed by atoms with Crippen molar-refractivity contribution in [2.24, 2.45) is 0 Å². The Hall–Kier alpha value is -2.57. The van der Waals surface area contributed by atoms with E-state index in [1.807, 2.05) is 31.2 Å². The number of aryl methyl sites for hydroxylation is 1. The van der Waals surface area contributed by atoms with E-state index in [9.17, 15) is 9.59 Å². The molecule has 0 saturated carbocycles. The quantitative estimate of drug-likeness (QED) is 0.524. The van der Waals surface area contributed by atoms with Crippen LogP contribution < -0.4 is 5.32 Å². The molecular formula is C21H24ClNO5.